The standard InChI is InChI=1S/C26H29N3O2S/c1-16(2)13-27-18-9-10-20-23(12-18)32-25-24(20)26(30)29(15-28-25)14-21-19-7-5-4-6-17(19)8-11-22(21)31-3/h4-8,11,15-16,18,27H,9-10,12-14H2,1-3H3. The lowest BCUT2D eigenvalue weighted by atomic mass is 9.93. The highest BCUT2D eigenvalue weighted by Crippen LogP contribution is 2.34. The van der Waals surface area contributed by atoms with Crippen LogP contribution >= 0.6 is 11.3 Å². The molecule has 0 bridgehead atoms. The van der Waals surface area contributed by atoms with Crippen LogP contribution < -0.4 is 15.6 Å². The van der Waals surface area contributed by atoms with Gasteiger partial charge in [0.25, 0.3) is 5.56 Å². The summed E-state index contributed by atoms with van der Waals surface area (Å²) in [6.07, 6.45) is 4.68. The van der Waals surface area contributed by atoms with Crippen LogP contribution in [-0.2, 0) is 19.4 Å². The van der Waals surface area contributed by atoms with Gasteiger partial charge in [0, 0.05) is 16.5 Å². The van der Waals surface area contributed by atoms with Gasteiger partial charge in [-0.05, 0) is 54.1 Å². The summed E-state index contributed by atoms with van der Waals surface area (Å²) in [6, 6.07) is 12.7. The Morgan fingerprint density at radius 3 is 2.91 bits per heavy atom. The lowest BCUT2D eigenvalue weighted by molar-refractivity contribution is 0.409. The third-order valence-electron chi connectivity index (χ3n) is 6.40. The molecule has 0 saturated carbocycles. The molecule has 0 amide bonds. The van der Waals surface area contributed by atoms with Crippen LogP contribution in [0.4, 0.5) is 0 Å². The van der Waals surface area contributed by atoms with Gasteiger partial charge >= 0.3 is 0 Å². The fraction of sp³-hybridized carbons (Fsp3) is 0.385. The maximum Gasteiger partial charge on any atom is 0.262 e. The number of nitrogens with zero attached hydrogens (tertiary/aromatic N) is 2. The van der Waals surface area contributed by atoms with Crippen LogP contribution in [0.1, 0.15) is 36.3 Å². The van der Waals surface area contributed by atoms with E-state index < -0.39 is 0 Å². The fourth-order valence-electron chi connectivity index (χ4n) is 4.73. The number of benzene rings is 2. The average Bonchev–Trinajstić information content (AvgIpc) is 3.18. The molecule has 1 N–H and O–H groups in total. The molecule has 0 saturated heterocycles. The van der Waals surface area contributed by atoms with Crippen LogP contribution in [0.2, 0.25) is 0 Å². The molecule has 1 aliphatic rings. The molecule has 0 spiro atoms. The minimum absolute atomic E-state index is 0.0519. The van der Waals surface area contributed by atoms with E-state index in [1.54, 1.807) is 29.3 Å². The van der Waals surface area contributed by atoms with Crippen LogP contribution in [0, 0.1) is 5.92 Å². The topological polar surface area (TPSA) is 56.2 Å². The molecule has 2 aromatic heterocycles. The summed E-state index contributed by atoms with van der Waals surface area (Å²) >= 11 is 1.69. The van der Waals surface area contributed by atoms with E-state index >= 15 is 0 Å². The van der Waals surface area contributed by atoms with Crippen molar-refractivity contribution in [2.24, 2.45) is 5.92 Å². The van der Waals surface area contributed by atoms with Crippen LogP contribution in [-0.4, -0.2) is 29.2 Å². The third kappa shape index (κ3) is 3.82. The number of aryl methyl sites for hydroxylation is 1. The van der Waals surface area contributed by atoms with E-state index in [4.69, 9.17) is 9.72 Å². The van der Waals surface area contributed by atoms with Gasteiger partial charge in [0.1, 0.15) is 10.6 Å². The number of fused-ring (bicyclic) bond motifs is 4. The Labute approximate surface area is 192 Å². The first kappa shape index (κ1) is 21.2. The molecule has 0 fully saturated rings. The Morgan fingerprint density at radius 2 is 2.09 bits per heavy atom. The van der Waals surface area contributed by atoms with Crippen LogP contribution in [0.3, 0.4) is 0 Å². The summed E-state index contributed by atoms with van der Waals surface area (Å²) in [5, 5.41) is 6.74. The van der Waals surface area contributed by atoms with Gasteiger partial charge in [0.15, 0.2) is 0 Å². The van der Waals surface area contributed by atoms with Crippen LogP contribution in [0.15, 0.2) is 47.5 Å². The largest absolute Gasteiger partial charge is 0.496 e. The molecule has 32 heavy (non-hydrogen) atoms. The molecule has 0 radical (unpaired) electrons. The van der Waals surface area contributed by atoms with Crippen LogP contribution in [0.5, 0.6) is 5.75 Å². The molecule has 1 atom stereocenters. The van der Waals surface area contributed by atoms with Crippen LogP contribution in [0.25, 0.3) is 21.0 Å². The summed E-state index contributed by atoms with van der Waals surface area (Å²) in [5.74, 6) is 1.43. The minimum Gasteiger partial charge on any atom is -0.496 e. The molecule has 6 heteroatoms. The van der Waals surface area contributed by atoms with E-state index in [0.717, 1.165) is 58.1 Å². The maximum atomic E-state index is 13.6. The van der Waals surface area contributed by atoms with E-state index in [-0.39, 0.29) is 5.56 Å². The van der Waals surface area contributed by atoms with E-state index in [0.29, 0.717) is 18.5 Å². The van der Waals surface area contributed by atoms with Gasteiger partial charge in [-0.25, -0.2) is 4.98 Å². The summed E-state index contributed by atoms with van der Waals surface area (Å²) in [6.45, 7) is 5.94. The van der Waals surface area contributed by atoms with Crippen molar-refractivity contribution in [2.75, 3.05) is 13.7 Å². The molecule has 5 rings (SSSR count). The van der Waals surface area contributed by atoms with Crippen molar-refractivity contribution >= 4 is 32.3 Å². The molecule has 5 nitrogen and oxygen atoms in total. The van der Waals surface area contributed by atoms with E-state index in [1.165, 1.54) is 10.4 Å². The van der Waals surface area contributed by atoms with Crippen molar-refractivity contribution in [3.05, 3.63) is 69.1 Å². The number of methoxy groups -OCH3 is 1. The number of rotatable bonds is 6. The molecular weight excluding hydrogens is 418 g/mol. The highest BCUT2D eigenvalue weighted by molar-refractivity contribution is 7.18. The predicted octanol–water partition coefficient (Wildman–Crippen LogP) is 4.77. The molecule has 2 heterocycles. The second-order valence-electron chi connectivity index (χ2n) is 9.07. The first-order chi connectivity index (χ1) is 15.5. The normalized spacial score (nSPS) is 16.1. The zero-order valence-corrected chi connectivity index (χ0v) is 19.7. The van der Waals surface area contributed by atoms with Crippen molar-refractivity contribution in [1.29, 1.82) is 0 Å². The molecule has 0 aliphatic heterocycles. The second kappa shape index (κ2) is 8.68. The fourth-order valence-corrected chi connectivity index (χ4v) is 5.99. The van der Waals surface area contributed by atoms with Crippen molar-refractivity contribution in [2.45, 2.75) is 45.7 Å². The van der Waals surface area contributed by atoms with Gasteiger partial charge in [-0.1, -0.05) is 44.2 Å². The van der Waals surface area contributed by atoms with E-state index in [1.807, 2.05) is 18.2 Å². The zero-order valence-electron chi connectivity index (χ0n) is 18.9. The monoisotopic (exact) mass is 447 g/mol. The Kier molecular flexibility index (Phi) is 5.74. The molecule has 2 aromatic carbocycles. The van der Waals surface area contributed by atoms with Gasteiger partial charge in [-0.15, -0.1) is 11.3 Å². The van der Waals surface area contributed by atoms with Gasteiger partial charge in [-0.2, -0.15) is 0 Å². The Morgan fingerprint density at radius 1 is 1.25 bits per heavy atom. The van der Waals surface area contributed by atoms with Gasteiger partial charge in [-0.3, -0.25) is 9.36 Å². The summed E-state index contributed by atoms with van der Waals surface area (Å²) in [7, 11) is 1.68. The number of hydrogen-bond donors (Lipinski definition) is 1. The highest BCUT2D eigenvalue weighted by atomic mass is 32.1. The number of nitrogens with one attached hydrogen (secondary N) is 1. The van der Waals surface area contributed by atoms with E-state index in [2.05, 4.69) is 37.4 Å². The quantitative estimate of drug-likeness (QED) is 0.463. The Hall–Kier alpha value is -2.70. The molecule has 166 valence electrons. The summed E-state index contributed by atoms with van der Waals surface area (Å²) in [5.41, 5.74) is 2.27. The smallest absolute Gasteiger partial charge is 0.262 e. The number of thiophene rings is 1. The zero-order chi connectivity index (χ0) is 22.2. The summed E-state index contributed by atoms with van der Waals surface area (Å²) in [4.78, 5) is 20.5. The Balaban J connectivity index is 1.52. The van der Waals surface area contributed by atoms with E-state index in [9.17, 15) is 4.79 Å². The van der Waals surface area contributed by atoms with Gasteiger partial charge in [0.05, 0.1) is 25.4 Å². The third-order valence-corrected chi connectivity index (χ3v) is 7.56. The lowest BCUT2D eigenvalue weighted by Gasteiger charge is -2.24. The first-order valence-corrected chi connectivity index (χ1v) is 12.1. The summed E-state index contributed by atoms with van der Waals surface area (Å²) < 4.78 is 7.38. The molecular formula is C26H29N3O2S. The molecule has 4 aromatic rings. The van der Waals surface area contributed by atoms with Gasteiger partial charge in [0.2, 0.25) is 0 Å². The molecule has 1 unspecified atom stereocenters. The predicted molar refractivity (Wildman–Crippen MR) is 132 cm³/mol. The second-order valence-corrected chi connectivity index (χ2v) is 10.2. The number of hydrogen-bond acceptors (Lipinski definition) is 5. The van der Waals surface area contributed by atoms with Crippen molar-refractivity contribution in [3.8, 4) is 5.75 Å². The lowest BCUT2D eigenvalue weighted by Crippen LogP contribution is -2.36. The Bertz CT molecular complexity index is 1340. The average molecular weight is 448 g/mol. The minimum atomic E-state index is 0.0519. The van der Waals surface area contributed by atoms with Gasteiger partial charge < -0.3 is 10.1 Å². The molecule has 1 aliphatic carbocycles. The highest BCUT2D eigenvalue weighted by Gasteiger charge is 2.25. The maximum absolute atomic E-state index is 13.6. The number of aromatic nitrogens is 2. The van der Waals surface area contributed by atoms with Crippen molar-refractivity contribution in [3.63, 3.8) is 0 Å². The first-order valence-electron chi connectivity index (χ1n) is 11.3. The van der Waals surface area contributed by atoms with Crippen molar-refractivity contribution < 1.29 is 4.74 Å². The SMILES string of the molecule is COc1ccc2ccccc2c1Cn1cnc2sc3c(c2c1=O)CCC(NCC(C)C)C3. The number of ether oxygens (including phenoxy) is 1. The van der Waals surface area contributed by atoms with Crippen molar-refractivity contribution in [1.82, 2.24) is 14.9 Å².